The summed E-state index contributed by atoms with van der Waals surface area (Å²) >= 11 is 0. The van der Waals surface area contributed by atoms with Crippen molar-refractivity contribution in [1.82, 2.24) is 0 Å². The standard InChI is InChI=1S/C55H98O14/c1-3-5-7-9-11-13-15-17-19-20-21-22-23-24-25-26-28-30-32-34-36-38-47(57)67-44(41-64-39-37-35-33-31-29-27-18-16-14-12-10-8-6-4-2)42-65-54-53(63)51(61)49(59)46(69-54)43-66-55-52(62)50(60)48(58)45(40-56)68-55/h6,8,12,14,18,27,31,33,44-46,48-56,58-63H,3-5,7,9-11,13,15-17,19-26,28-30,32,34-43H2,1-2H3/b8-6-,14-12-,27-18-,33-31-. The van der Waals surface area contributed by atoms with Crippen molar-refractivity contribution in [2.45, 2.75) is 261 Å². The van der Waals surface area contributed by atoms with Crippen molar-refractivity contribution in [1.29, 1.82) is 0 Å². The molecule has 14 heteroatoms. The molecule has 2 fully saturated rings. The van der Waals surface area contributed by atoms with Gasteiger partial charge in [-0.2, -0.15) is 0 Å². The number of hydrogen-bond acceptors (Lipinski definition) is 14. The second-order valence-corrected chi connectivity index (χ2v) is 19.0. The lowest BCUT2D eigenvalue weighted by Crippen LogP contribution is -2.61. The number of unbranched alkanes of at least 4 members (excludes halogenated alkanes) is 21. The minimum atomic E-state index is -1.72. The van der Waals surface area contributed by atoms with Gasteiger partial charge in [-0.1, -0.05) is 191 Å². The summed E-state index contributed by atoms with van der Waals surface area (Å²) in [5, 5.41) is 72.2. The fourth-order valence-corrected chi connectivity index (χ4v) is 8.47. The van der Waals surface area contributed by atoms with E-state index in [9.17, 15) is 40.5 Å². The molecule has 0 amide bonds. The van der Waals surface area contributed by atoms with Crippen LogP contribution in [0.3, 0.4) is 0 Å². The van der Waals surface area contributed by atoms with Gasteiger partial charge in [-0.05, 0) is 44.9 Å². The summed E-state index contributed by atoms with van der Waals surface area (Å²) in [6.45, 7) is 3.44. The van der Waals surface area contributed by atoms with Gasteiger partial charge in [-0.25, -0.2) is 0 Å². The normalized spacial score (nSPS) is 26.0. The summed E-state index contributed by atoms with van der Waals surface area (Å²) in [6.07, 6.45) is 33.4. The topological polar surface area (TPSA) is 214 Å². The van der Waals surface area contributed by atoms with Crippen LogP contribution in [0.1, 0.15) is 194 Å². The molecule has 0 saturated carbocycles. The minimum Gasteiger partial charge on any atom is -0.457 e. The first kappa shape index (κ1) is 63.1. The van der Waals surface area contributed by atoms with Gasteiger partial charge < -0.3 is 64.2 Å². The number of allylic oxidation sites excluding steroid dienone is 8. The molecule has 402 valence electrons. The van der Waals surface area contributed by atoms with E-state index in [-0.39, 0.29) is 19.6 Å². The largest absolute Gasteiger partial charge is 0.457 e. The van der Waals surface area contributed by atoms with E-state index in [1.807, 2.05) is 0 Å². The lowest BCUT2D eigenvalue weighted by atomic mass is 9.98. The lowest BCUT2D eigenvalue weighted by molar-refractivity contribution is -0.332. The second-order valence-electron chi connectivity index (χ2n) is 19.0. The molecule has 0 aromatic rings. The van der Waals surface area contributed by atoms with Crippen LogP contribution in [0.5, 0.6) is 0 Å². The molecule has 0 spiro atoms. The van der Waals surface area contributed by atoms with E-state index in [1.165, 1.54) is 109 Å². The number of aliphatic hydroxyl groups is 7. The number of esters is 1. The third-order valence-electron chi connectivity index (χ3n) is 12.9. The van der Waals surface area contributed by atoms with Gasteiger partial charge >= 0.3 is 5.97 Å². The van der Waals surface area contributed by atoms with Crippen molar-refractivity contribution in [3.05, 3.63) is 48.6 Å². The maximum atomic E-state index is 13.0. The van der Waals surface area contributed by atoms with Crippen molar-refractivity contribution < 1.29 is 69.0 Å². The number of hydrogen-bond donors (Lipinski definition) is 7. The smallest absolute Gasteiger partial charge is 0.306 e. The highest BCUT2D eigenvalue weighted by Gasteiger charge is 2.47. The predicted molar refractivity (Wildman–Crippen MR) is 270 cm³/mol. The molecule has 2 aliphatic rings. The molecule has 0 radical (unpaired) electrons. The van der Waals surface area contributed by atoms with Crippen molar-refractivity contribution in [3.8, 4) is 0 Å². The van der Waals surface area contributed by atoms with Crippen molar-refractivity contribution in [3.63, 3.8) is 0 Å². The molecule has 0 aromatic carbocycles. The predicted octanol–water partition coefficient (Wildman–Crippen LogP) is 8.74. The zero-order chi connectivity index (χ0) is 50.2. The molecule has 69 heavy (non-hydrogen) atoms. The molecule has 0 bridgehead atoms. The van der Waals surface area contributed by atoms with Gasteiger partial charge in [0.2, 0.25) is 0 Å². The second kappa shape index (κ2) is 42.5. The van der Waals surface area contributed by atoms with Crippen LogP contribution in [-0.4, -0.2) is 142 Å². The number of carbonyl (C=O) groups excluding carboxylic acids is 1. The van der Waals surface area contributed by atoms with Crippen LogP contribution >= 0.6 is 0 Å². The Morgan fingerprint density at radius 3 is 1.42 bits per heavy atom. The van der Waals surface area contributed by atoms with E-state index in [0.717, 1.165) is 57.8 Å². The third-order valence-corrected chi connectivity index (χ3v) is 12.9. The van der Waals surface area contributed by atoms with Crippen LogP contribution in [0, 0.1) is 0 Å². The summed E-state index contributed by atoms with van der Waals surface area (Å²) in [5.41, 5.74) is 0. The molecule has 11 unspecified atom stereocenters. The highest BCUT2D eigenvalue weighted by molar-refractivity contribution is 5.69. The minimum absolute atomic E-state index is 0.0247. The van der Waals surface area contributed by atoms with Crippen LogP contribution < -0.4 is 0 Å². The third kappa shape index (κ3) is 29.9. The van der Waals surface area contributed by atoms with Crippen LogP contribution in [0.2, 0.25) is 0 Å². The number of carbonyl (C=O) groups is 1. The molecule has 0 aliphatic carbocycles. The van der Waals surface area contributed by atoms with Crippen LogP contribution in [0.15, 0.2) is 48.6 Å². The van der Waals surface area contributed by atoms with E-state index in [2.05, 4.69) is 62.5 Å². The Balaban J connectivity index is 1.74. The van der Waals surface area contributed by atoms with Gasteiger partial charge in [0.25, 0.3) is 0 Å². The monoisotopic (exact) mass is 983 g/mol. The van der Waals surface area contributed by atoms with Crippen molar-refractivity contribution in [2.75, 3.05) is 33.0 Å². The van der Waals surface area contributed by atoms with Gasteiger partial charge in [-0.15, -0.1) is 0 Å². The zero-order valence-corrected chi connectivity index (χ0v) is 42.8. The Bertz CT molecular complexity index is 1320. The Labute approximate surface area is 416 Å². The Kier molecular flexibility index (Phi) is 38.8. The maximum absolute atomic E-state index is 13.0. The maximum Gasteiger partial charge on any atom is 0.306 e. The summed E-state index contributed by atoms with van der Waals surface area (Å²) in [6, 6.07) is 0. The molecule has 14 nitrogen and oxygen atoms in total. The highest BCUT2D eigenvalue weighted by Crippen LogP contribution is 2.26. The van der Waals surface area contributed by atoms with E-state index >= 15 is 0 Å². The van der Waals surface area contributed by atoms with Crippen LogP contribution in [0.25, 0.3) is 0 Å². The van der Waals surface area contributed by atoms with Gasteiger partial charge in [0, 0.05) is 13.0 Å². The molecule has 7 N–H and O–H groups in total. The van der Waals surface area contributed by atoms with E-state index in [1.54, 1.807) is 0 Å². The molecule has 11 atom stereocenters. The summed E-state index contributed by atoms with van der Waals surface area (Å²) in [4.78, 5) is 13.0. The average Bonchev–Trinajstić information content (AvgIpc) is 3.35. The first-order valence-corrected chi connectivity index (χ1v) is 27.2. The number of ether oxygens (including phenoxy) is 6. The van der Waals surface area contributed by atoms with Gasteiger partial charge in [0.15, 0.2) is 12.6 Å². The molecule has 2 rings (SSSR count). The van der Waals surface area contributed by atoms with E-state index in [4.69, 9.17) is 28.4 Å². The zero-order valence-electron chi connectivity index (χ0n) is 42.8. The molecular formula is C55H98O14. The quantitative estimate of drug-likeness (QED) is 0.0173. The molecule has 2 saturated heterocycles. The number of aliphatic hydroxyl groups excluding tert-OH is 7. The van der Waals surface area contributed by atoms with Gasteiger partial charge in [0.1, 0.15) is 54.9 Å². The summed E-state index contributed by atoms with van der Waals surface area (Å²) < 4.78 is 34.2. The Hall–Kier alpha value is -2.05. The first-order valence-electron chi connectivity index (χ1n) is 27.2. The van der Waals surface area contributed by atoms with E-state index < -0.39 is 86.7 Å². The molecule has 2 aliphatic heterocycles. The average molecular weight is 983 g/mol. The van der Waals surface area contributed by atoms with Gasteiger partial charge in [0.05, 0.1) is 26.4 Å². The van der Waals surface area contributed by atoms with Crippen LogP contribution in [-0.2, 0) is 33.2 Å². The first-order chi connectivity index (χ1) is 33.6. The molecule has 0 aromatic heterocycles. The van der Waals surface area contributed by atoms with E-state index in [0.29, 0.717) is 13.0 Å². The number of rotatable bonds is 43. The Morgan fingerprint density at radius 2 is 0.928 bits per heavy atom. The van der Waals surface area contributed by atoms with Crippen molar-refractivity contribution >= 4 is 5.97 Å². The van der Waals surface area contributed by atoms with Crippen molar-refractivity contribution in [2.24, 2.45) is 0 Å². The lowest BCUT2D eigenvalue weighted by Gasteiger charge is -2.42. The highest BCUT2D eigenvalue weighted by atomic mass is 16.7. The molecule has 2 heterocycles. The van der Waals surface area contributed by atoms with Crippen LogP contribution in [0.4, 0.5) is 0 Å². The SMILES string of the molecule is CC/C=C\C/C=C\C/C=C\C/C=C\CCCOCC(COC1OC(COC2OC(CO)C(O)C(O)C2O)C(O)C(O)C1O)OC(=O)CCCCCCCCCCCCCCCCCCCCCCC. The fourth-order valence-electron chi connectivity index (χ4n) is 8.47. The Morgan fingerprint density at radius 1 is 0.493 bits per heavy atom. The summed E-state index contributed by atoms with van der Waals surface area (Å²) in [5.74, 6) is -0.392. The summed E-state index contributed by atoms with van der Waals surface area (Å²) in [7, 11) is 0. The van der Waals surface area contributed by atoms with Gasteiger partial charge in [-0.3, -0.25) is 4.79 Å². The fraction of sp³-hybridized carbons (Fsp3) is 0.836. The molecular weight excluding hydrogens is 885 g/mol.